The molecule has 1 N–H and O–H groups in total. The highest BCUT2D eigenvalue weighted by atomic mass is 16.3. The predicted molar refractivity (Wildman–Crippen MR) is 85.1 cm³/mol. The van der Waals surface area contributed by atoms with E-state index in [0.29, 0.717) is 23.0 Å². The molecule has 4 saturated carbocycles. The van der Waals surface area contributed by atoms with Crippen molar-refractivity contribution in [3.05, 3.63) is 11.6 Å². The Kier molecular flexibility index (Phi) is 2.54. The van der Waals surface area contributed by atoms with E-state index in [-0.39, 0.29) is 11.5 Å². The van der Waals surface area contributed by atoms with Crippen LogP contribution in [-0.2, 0) is 4.79 Å². The van der Waals surface area contributed by atoms with Crippen molar-refractivity contribution in [2.24, 2.45) is 40.4 Å². The zero-order valence-corrected chi connectivity index (χ0v) is 13.8. The van der Waals surface area contributed by atoms with Gasteiger partial charge in [0.15, 0.2) is 0 Å². The Morgan fingerprint density at radius 2 is 1.91 bits per heavy atom. The molecule has 5 aliphatic rings. The minimum absolute atomic E-state index is 0.00460. The molecule has 2 nitrogen and oxygen atoms in total. The van der Waals surface area contributed by atoms with Crippen LogP contribution >= 0.6 is 0 Å². The molecular formula is C20H28O2. The molecule has 0 spiro atoms. The van der Waals surface area contributed by atoms with Gasteiger partial charge in [-0.15, -0.1) is 0 Å². The van der Waals surface area contributed by atoms with Crippen LogP contribution in [0.5, 0.6) is 0 Å². The molecule has 0 aromatic rings. The maximum atomic E-state index is 12.7. The Morgan fingerprint density at radius 3 is 2.73 bits per heavy atom. The topological polar surface area (TPSA) is 37.3 Å². The van der Waals surface area contributed by atoms with Gasteiger partial charge in [0, 0.05) is 11.3 Å². The molecule has 0 saturated heterocycles. The highest BCUT2D eigenvalue weighted by Gasteiger charge is 2.70. The van der Waals surface area contributed by atoms with Gasteiger partial charge in [0.05, 0.1) is 6.10 Å². The standard InChI is InChI=1S/C20H28O2/c1-19-7-5-12(21)9-11(19)3-4-13-16(19)6-8-20(2)17(13)14-10-15(14)18(20)22/h3,12-17,21H,4-10H2,1-2H3/t12-,13+,14+,15-,16-,17-,19-,20-/m0/s1. The fourth-order valence-electron chi connectivity index (χ4n) is 7.31. The quantitative estimate of drug-likeness (QED) is 0.692. The molecule has 22 heavy (non-hydrogen) atoms. The summed E-state index contributed by atoms with van der Waals surface area (Å²) in [6, 6.07) is 0. The van der Waals surface area contributed by atoms with Gasteiger partial charge in [-0.3, -0.25) is 4.79 Å². The van der Waals surface area contributed by atoms with E-state index in [0.717, 1.165) is 43.4 Å². The summed E-state index contributed by atoms with van der Waals surface area (Å²) in [5.41, 5.74) is 1.84. The van der Waals surface area contributed by atoms with Gasteiger partial charge in [0.1, 0.15) is 5.78 Å². The largest absolute Gasteiger partial charge is 0.393 e. The van der Waals surface area contributed by atoms with Crippen LogP contribution in [0.2, 0.25) is 0 Å². The Labute approximate surface area is 133 Å². The number of aliphatic hydroxyl groups excluding tert-OH is 1. The summed E-state index contributed by atoms with van der Waals surface area (Å²) in [6.45, 7) is 4.75. The highest BCUT2D eigenvalue weighted by Crippen LogP contribution is 2.71. The van der Waals surface area contributed by atoms with Crippen molar-refractivity contribution in [1.29, 1.82) is 0 Å². The van der Waals surface area contributed by atoms with Crippen molar-refractivity contribution in [1.82, 2.24) is 0 Å². The van der Waals surface area contributed by atoms with Gasteiger partial charge in [0.2, 0.25) is 0 Å². The normalized spacial score (nSPS) is 59.0. The molecule has 4 fully saturated rings. The third-order valence-corrected chi connectivity index (χ3v) is 8.53. The van der Waals surface area contributed by atoms with Gasteiger partial charge < -0.3 is 5.11 Å². The summed E-state index contributed by atoms with van der Waals surface area (Å²) in [6.07, 6.45) is 10.1. The Balaban J connectivity index is 1.54. The smallest absolute Gasteiger partial charge is 0.142 e. The third kappa shape index (κ3) is 1.48. The lowest BCUT2D eigenvalue weighted by molar-refractivity contribution is -0.135. The monoisotopic (exact) mass is 300 g/mol. The summed E-state index contributed by atoms with van der Waals surface area (Å²) < 4.78 is 0. The van der Waals surface area contributed by atoms with E-state index < -0.39 is 0 Å². The molecule has 0 bridgehead atoms. The van der Waals surface area contributed by atoms with Crippen LogP contribution < -0.4 is 0 Å². The first kappa shape index (κ1) is 13.8. The molecule has 0 unspecified atom stereocenters. The first-order valence-electron chi connectivity index (χ1n) is 9.37. The Morgan fingerprint density at radius 1 is 1.14 bits per heavy atom. The second kappa shape index (κ2) is 4.06. The van der Waals surface area contributed by atoms with Crippen LogP contribution in [0, 0.1) is 40.4 Å². The van der Waals surface area contributed by atoms with Crippen LogP contribution in [0.3, 0.4) is 0 Å². The van der Waals surface area contributed by atoms with E-state index in [2.05, 4.69) is 19.9 Å². The second-order valence-corrected chi connectivity index (χ2v) is 9.40. The number of carbonyl (C=O) groups is 1. The number of fused-ring (bicyclic) bond motifs is 7. The van der Waals surface area contributed by atoms with Gasteiger partial charge in [0.25, 0.3) is 0 Å². The van der Waals surface area contributed by atoms with Gasteiger partial charge >= 0.3 is 0 Å². The summed E-state index contributed by atoms with van der Waals surface area (Å²) in [7, 11) is 0. The Bertz CT molecular complexity index is 578. The third-order valence-electron chi connectivity index (χ3n) is 8.53. The van der Waals surface area contributed by atoms with E-state index in [1.165, 1.54) is 24.8 Å². The number of aliphatic hydroxyl groups is 1. The highest BCUT2D eigenvalue weighted by molar-refractivity contribution is 5.92. The number of carbonyl (C=O) groups excluding carboxylic acids is 1. The SMILES string of the molecule is C[C@]12CC[C@H](O)CC1=CC[C@H]1[C@H]3[C@@H]4C[C@@H]4C(=O)[C@@]3(C)CC[C@@H]12. The van der Waals surface area contributed by atoms with E-state index in [1.807, 2.05) is 0 Å². The molecular weight excluding hydrogens is 272 g/mol. The van der Waals surface area contributed by atoms with Crippen molar-refractivity contribution in [3.8, 4) is 0 Å². The first-order valence-corrected chi connectivity index (χ1v) is 9.37. The Hall–Kier alpha value is -0.630. The van der Waals surface area contributed by atoms with Crippen molar-refractivity contribution in [2.45, 2.75) is 64.9 Å². The van der Waals surface area contributed by atoms with Gasteiger partial charge in [-0.1, -0.05) is 25.5 Å². The second-order valence-electron chi connectivity index (χ2n) is 9.40. The van der Waals surface area contributed by atoms with Crippen LogP contribution in [0.15, 0.2) is 11.6 Å². The van der Waals surface area contributed by atoms with Crippen LogP contribution in [0.1, 0.15) is 58.8 Å². The molecule has 0 radical (unpaired) electrons. The number of allylic oxidation sites excluding steroid dienone is 1. The maximum Gasteiger partial charge on any atom is 0.142 e. The fourth-order valence-corrected chi connectivity index (χ4v) is 7.31. The molecule has 0 aromatic carbocycles. The molecule has 0 amide bonds. The molecule has 5 rings (SSSR count). The molecule has 8 atom stereocenters. The molecule has 5 aliphatic carbocycles. The lowest BCUT2D eigenvalue weighted by Gasteiger charge is -2.57. The average molecular weight is 300 g/mol. The van der Waals surface area contributed by atoms with Crippen molar-refractivity contribution in [2.75, 3.05) is 0 Å². The summed E-state index contributed by atoms with van der Waals surface area (Å²) >= 11 is 0. The van der Waals surface area contributed by atoms with E-state index in [9.17, 15) is 9.90 Å². The van der Waals surface area contributed by atoms with Gasteiger partial charge in [-0.2, -0.15) is 0 Å². The average Bonchev–Trinajstić information content (AvgIpc) is 3.22. The number of rotatable bonds is 0. The number of hydrogen-bond donors (Lipinski definition) is 1. The van der Waals surface area contributed by atoms with Crippen LogP contribution in [0.25, 0.3) is 0 Å². The summed E-state index contributed by atoms with van der Waals surface area (Å²) in [4.78, 5) is 12.7. The number of ketones is 1. The van der Waals surface area contributed by atoms with E-state index in [1.54, 1.807) is 0 Å². The molecule has 2 heteroatoms. The number of Topliss-reactive ketones (excluding diaryl/α,β-unsaturated/α-hetero) is 1. The predicted octanol–water partition coefficient (Wildman–Crippen LogP) is 3.74. The molecule has 0 aliphatic heterocycles. The zero-order chi connectivity index (χ0) is 15.3. The van der Waals surface area contributed by atoms with Crippen molar-refractivity contribution >= 4 is 5.78 Å². The maximum absolute atomic E-state index is 12.7. The van der Waals surface area contributed by atoms with E-state index >= 15 is 0 Å². The van der Waals surface area contributed by atoms with Crippen LogP contribution in [0.4, 0.5) is 0 Å². The zero-order valence-electron chi connectivity index (χ0n) is 13.8. The summed E-state index contributed by atoms with van der Waals surface area (Å²) in [5, 5.41) is 10.0. The van der Waals surface area contributed by atoms with Crippen molar-refractivity contribution < 1.29 is 9.90 Å². The van der Waals surface area contributed by atoms with E-state index in [4.69, 9.17) is 0 Å². The lowest BCUT2D eigenvalue weighted by atomic mass is 9.47. The fraction of sp³-hybridized carbons (Fsp3) is 0.850. The minimum Gasteiger partial charge on any atom is -0.393 e. The number of hydrogen-bond acceptors (Lipinski definition) is 2. The van der Waals surface area contributed by atoms with Crippen molar-refractivity contribution in [3.63, 3.8) is 0 Å². The van der Waals surface area contributed by atoms with Gasteiger partial charge in [-0.05, 0) is 74.0 Å². The van der Waals surface area contributed by atoms with Gasteiger partial charge in [-0.25, -0.2) is 0 Å². The minimum atomic E-state index is -0.120. The first-order chi connectivity index (χ1) is 10.4. The van der Waals surface area contributed by atoms with Crippen LogP contribution in [-0.4, -0.2) is 17.0 Å². The molecule has 0 aromatic heterocycles. The molecule has 120 valence electrons. The molecule has 0 heterocycles. The lowest BCUT2D eigenvalue weighted by Crippen LogP contribution is -2.51. The summed E-state index contributed by atoms with van der Waals surface area (Å²) in [5.74, 6) is 3.90.